The maximum atomic E-state index is 2.36. The zero-order valence-corrected chi connectivity index (χ0v) is 18.9. The van der Waals surface area contributed by atoms with Gasteiger partial charge in [0.15, 0.2) is 0 Å². The van der Waals surface area contributed by atoms with Gasteiger partial charge in [-0.2, -0.15) is 0 Å². The maximum absolute atomic E-state index is 2.36. The molecule has 0 saturated carbocycles. The fourth-order valence-electron chi connectivity index (χ4n) is 5.51. The summed E-state index contributed by atoms with van der Waals surface area (Å²) in [7, 11) is 0. The van der Waals surface area contributed by atoms with E-state index in [1.807, 2.05) is 0 Å². The molecule has 0 aromatic heterocycles. The number of hydrogen-bond donors (Lipinski definition) is 0. The Morgan fingerprint density at radius 1 is 0.375 bits per heavy atom. The average Bonchev–Trinajstić information content (AvgIpc) is 2.83. The van der Waals surface area contributed by atoms with Crippen molar-refractivity contribution in [2.45, 2.75) is 39.5 Å². The van der Waals surface area contributed by atoms with Gasteiger partial charge in [-0.1, -0.05) is 112 Å². The van der Waals surface area contributed by atoms with Crippen LogP contribution in [0.1, 0.15) is 37.8 Å². The Hall–Kier alpha value is -3.38. The largest absolute Gasteiger partial charge is 0.0651 e. The number of rotatable bonds is 4. The monoisotopic (exact) mass is 412 g/mol. The van der Waals surface area contributed by atoms with Crippen molar-refractivity contribution < 1.29 is 0 Å². The van der Waals surface area contributed by atoms with E-state index in [0.29, 0.717) is 0 Å². The minimum Gasteiger partial charge on any atom is -0.0651 e. The van der Waals surface area contributed by atoms with Crippen molar-refractivity contribution in [3.63, 3.8) is 0 Å². The molecule has 0 amide bonds. The van der Waals surface area contributed by atoms with E-state index < -0.39 is 0 Å². The van der Waals surface area contributed by atoms with E-state index in [0.717, 1.165) is 12.8 Å². The molecule has 0 radical (unpaired) electrons. The van der Waals surface area contributed by atoms with E-state index in [1.54, 1.807) is 0 Å². The fourth-order valence-corrected chi connectivity index (χ4v) is 5.51. The molecular weight excluding hydrogens is 384 g/mol. The maximum Gasteiger partial charge on any atom is -0.00987 e. The van der Waals surface area contributed by atoms with Crippen LogP contribution in [0.5, 0.6) is 0 Å². The molecule has 0 fully saturated rings. The van der Waals surface area contributed by atoms with Gasteiger partial charge < -0.3 is 0 Å². The molecule has 0 saturated heterocycles. The molecule has 0 N–H and O–H groups in total. The highest BCUT2D eigenvalue weighted by Gasteiger charge is 2.10. The smallest absolute Gasteiger partial charge is 0.00987 e. The number of aryl methyl sites for hydroxylation is 2. The highest BCUT2D eigenvalue weighted by atomic mass is 14.1. The van der Waals surface area contributed by atoms with Crippen LogP contribution in [0.2, 0.25) is 0 Å². The Balaban J connectivity index is 1.60. The van der Waals surface area contributed by atoms with Crippen LogP contribution >= 0.6 is 0 Å². The third kappa shape index (κ3) is 2.98. The first-order chi connectivity index (χ1) is 15.8. The summed E-state index contributed by atoms with van der Waals surface area (Å²) in [6.45, 7) is 4.49. The fraction of sp³-hybridized carbons (Fsp3) is 0.188. The minimum atomic E-state index is 1.14. The van der Waals surface area contributed by atoms with Crippen LogP contribution in [-0.2, 0) is 12.8 Å². The molecule has 0 nitrogen and oxygen atoms in total. The second kappa shape index (κ2) is 7.64. The summed E-state index contributed by atoms with van der Waals surface area (Å²) in [6.07, 6.45) is 4.66. The van der Waals surface area contributed by atoms with Gasteiger partial charge in [-0.25, -0.2) is 0 Å². The molecule has 0 aliphatic heterocycles. The van der Waals surface area contributed by atoms with Gasteiger partial charge in [0.1, 0.15) is 0 Å². The zero-order chi connectivity index (χ0) is 21.7. The van der Waals surface area contributed by atoms with Crippen molar-refractivity contribution >= 4 is 53.9 Å². The number of hydrogen-bond acceptors (Lipinski definition) is 0. The van der Waals surface area contributed by atoms with Crippen molar-refractivity contribution in [3.8, 4) is 0 Å². The molecule has 0 heteroatoms. The van der Waals surface area contributed by atoms with E-state index in [2.05, 4.69) is 98.8 Å². The van der Waals surface area contributed by atoms with Gasteiger partial charge in [0.2, 0.25) is 0 Å². The van der Waals surface area contributed by atoms with Crippen molar-refractivity contribution in [1.29, 1.82) is 0 Å². The van der Waals surface area contributed by atoms with E-state index in [4.69, 9.17) is 0 Å². The first-order valence-corrected chi connectivity index (χ1v) is 12.0. The predicted molar refractivity (Wildman–Crippen MR) is 142 cm³/mol. The predicted octanol–water partition coefficient (Wildman–Crippen LogP) is 9.36. The molecule has 156 valence electrons. The van der Waals surface area contributed by atoms with Crippen molar-refractivity contribution in [3.05, 3.63) is 96.1 Å². The third-order valence-corrected chi connectivity index (χ3v) is 7.03. The molecular formula is C32H28. The molecule has 0 bridgehead atoms. The van der Waals surface area contributed by atoms with Crippen LogP contribution in [0.3, 0.4) is 0 Å². The van der Waals surface area contributed by atoms with Crippen LogP contribution in [0.4, 0.5) is 0 Å². The Morgan fingerprint density at radius 3 is 1.06 bits per heavy atom. The second-order valence-electron chi connectivity index (χ2n) is 9.16. The second-order valence-corrected chi connectivity index (χ2v) is 9.16. The SMILES string of the molecule is CCCc1ccc2c(ccc3c2ccc2c4ccc5cc(CCC)ccc5c4ccc32)c1. The molecule has 0 atom stereocenters. The van der Waals surface area contributed by atoms with Crippen LogP contribution in [0, 0.1) is 0 Å². The van der Waals surface area contributed by atoms with Gasteiger partial charge in [-0.05, 0) is 77.8 Å². The van der Waals surface area contributed by atoms with Crippen molar-refractivity contribution in [2.75, 3.05) is 0 Å². The van der Waals surface area contributed by atoms with Gasteiger partial charge in [-0.15, -0.1) is 0 Å². The molecule has 0 unspecified atom stereocenters. The topological polar surface area (TPSA) is 0 Å². The normalized spacial score (nSPS) is 11.9. The van der Waals surface area contributed by atoms with E-state index >= 15 is 0 Å². The Bertz CT molecular complexity index is 1510. The average molecular weight is 413 g/mol. The minimum absolute atomic E-state index is 1.14. The van der Waals surface area contributed by atoms with Crippen LogP contribution < -0.4 is 0 Å². The molecule has 32 heavy (non-hydrogen) atoms. The van der Waals surface area contributed by atoms with Gasteiger partial charge >= 0.3 is 0 Å². The first-order valence-electron chi connectivity index (χ1n) is 12.0. The van der Waals surface area contributed by atoms with Gasteiger partial charge in [0.05, 0.1) is 0 Å². The first kappa shape index (κ1) is 19.3. The quantitative estimate of drug-likeness (QED) is 0.253. The Labute approximate surface area is 189 Å². The third-order valence-electron chi connectivity index (χ3n) is 7.03. The summed E-state index contributed by atoms with van der Waals surface area (Å²) in [6, 6.07) is 32.5. The number of fused-ring (bicyclic) bond motifs is 9. The lowest BCUT2D eigenvalue weighted by molar-refractivity contribution is 0.924. The number of benzene rings is 6. The molecule has 6 aromatic carbocycles. The summed E-state index contributed by atoms with van der Waals surface area (Å²) >= 11 is 0. The highest BCUT2D eigenvalue weighted by Crippen LogP contribution is 2.37. The Kier molecular flexibility index (Phi) is 4.61. The summed E-state index contributed by atoms with van der Waals surface area (Å²) in [4.78, 5) is 0. The van der Waals surface area contributed by atoms with Gasteiger partial charge in [0, 0.05) is 0 Å². The molecule has 0 heterocycles. The molecule has 6 rings (SSSR count). The summed E-state index contributed by atoms with van der Waals surface area (Å²) in [5, 5.41) is 13.5. The lowest BCUT2D eigenvalue weighted by Crippen LogP contribution is -1.87. The van der Waals surface area contributed by atoms with Crippen LogP contribution in [0.25, 0.3) is 53.9 Å². The van der Waals surface area contributed by atoms with Crippen LogP contribution in [0.15, 0.2) is 84.9 Å². The lowest BCUT2D eigenvalue weighted by Gasteiger charge is -2.12. The zero-order valence-electron chi connectivity index (χ0n) is 18.9. The van der Waals surface area contributed by atoms with Crippen LogP contribution in [-0.4, -0.2) is 0 Å². The van der Waals surface area contributed by atoms with E-state index in [-0.39, 0.29) is 0 Å². The molecule has 0 aliphatic carbocycles. The Morgan fingerprint density at radius 2 is 0.688 bits per heavy atom. The summed E-state index contributed by atoms with van der Waals surface area (Å²) in [5.74, 6) is 0. The van der Waals surface area contributed by atoms with Crippen molar-refractivity contribution in [2.24, 2.45) is 0 Å². The molecule has 6 aromatic rings. The molecule has 0 aliphatic rings. The molecule has 0 spiro atoms. The van der Waals surface area contributed by atoms with E-state index in [1.165, 1.54) is 77.8 Å². The van der Waals surface area contributed by atoms with Gasteiger partial charge in [0.25, 0.3) is 0 Å². The lowest BCUT2D eigenvalue weighted by atomic mass is 9.91. The highest BCUT2D eigenvalue weighted by molar-refractivity contribution is 6.24. The standard InChI is InChI=1S/C32H28/c1-3-5-21-7-11-25-23(19-21)9-13-29-27(25)15-17-32-30-14-10-24-20-22(6-4-2)8-12-26(24)28(30)16-18-31(29)32/h7-20H,3-6H2,1-2H3. The van der Waals surface area contributed by atoms with Crippen molar-refractivity contribution in [1.82, 2.24) is 0 Å². The summed E-state index contributed by atoms with van der Waals surface area (Å²) in [5.41, 5.74) is 2.86. The van der Waals surface area contributed by atoms with E-state index in [9.17, 15) is 0 Å². The summed E-state index contributed by atoms with van der Waals surface area (Å²) < 4.78 is 0. The van der Waals surface area contributed by atoms with Gasteiger partial charge in [-0.3, -0.25) is 0 Å².